The van der Waals surface area contributed by atoms with E-state index in [0.717, 1.165) is 12.8 Å². The van der Waals surface area contributed by atoms with Gasteiger partial charge in [-0.15, -0.1) is 0 Å². The van der Waals surface area contributed by atoms with Crippen LogP contribution in [0.4, 0.5) is 0 Å². The van der Waals surface area contributed by atoms with Gasteiger partial charge in [0.2, 0.25) is 0 Å². The molecular formula is C11H21NO2Si. The van der Waals surface area contributed by atoms with Crippen molar-refractivity contribution >= 4 is 14.2 Å². The van der Waals surface area contributed by atoms with Gasteiger partial charge in [-0.05, 0) is 31.9 Å². The summed E-state index contributed by atoms with van der Waals surface area (Å²) in [7, 11) is -1.16. The number of hydrogen-bond donors (Lipinski definition) is 0. The Morgan fingerprint density at radius 3 is 2.87 bits per heavy atom. The lowest BCUT2D eigenvalue weighted by atomic mass is 10.1. The normalized spacial score (nSPS) is 32.4. The Balaban J connectivity index is 2.00. The van der Waals surface area contributed by atoms with Gasteiger partial charge in [0.15, 0.2) is 0 Å². The zero-order valence-electron chi connectivity index (χ0n) is 9.79. The quantitative estimate of drug-likeness (QED) is 0.507. The standard InChI is InChI=1S/C11H21NO2Si/c1-15(2)8-4-7-12(15)10-5-3-6-11(13)14-9-10/h10H,3-9H2,1-2H3. The average molecular weight is 227 g/mol. The number of ether oxygens (including phenoxy) is 1. The molecule has 0 amide bonds. The van der Waals surface area contributed by atoms with E-state index in [-0.39, 0.29) is 5.97 Å². The van der Waals surface area contributed by atoms with Crippen molar-refractivity contribution in [2.24, 2.45) is 0 Å². The Morgan fingerprint density at radius 2 is 2.20 bits per heavy atom. The molecule has 86 valence electrons. The van der Waals surface area contributed by atoms with Crippen LogP contribution in [0.1, 0.15) is 25.7 Å². The molecule has 0 spiro atoms. The van der Waals surface area contributed by atoms with Crippen LogP contribution in [-0.2, 0) is 9.53 Å². The summed E-state index contributed by atoms with van der Waals surface area (Å²) in [6.45, 7) is 6.73. The number of carbonyl (C=O) groups excluding carboxylic acids is 1. The molecule has 0 aliphatic carbocycles. The SMILES string of the molecule is C[Si]1(C)CCCN1C1CCCC(=O)OC1. The maximum absolute atomic E-state index is 11.2. The minimum absolute atomic E-state index is 0.00355. The van der Waals surface area contributed by atoms with Crippen LogP contribution in [-0.4, -0.2) is 38.0 Å². The minimum atomic E-state index is -1.16. The van der Waals surface area contributed by atoms with Gasteiger partial charge in [-0.2, -0.15) is 0 Å². The molecule has 2 aliphatic heterocycles. The third-order valence-corrected chi connectivity index (χ3v) is 7.48. The summed E-state index contributed by atoms with van der Waals surface area (Å²) in [5.74, 6) is -0.00355. The maximum atomic E-state index is 11.2. The van der Waals surface area contributed by atoms with Gasteiger partial charge in [-0.25, -0.2) is 0 Å². The highest BCUT2D eigenvalue weighted by Gasteiger charge is 2.39. The van der Waals surface area contributed by atoms with E-state index in [1.165, 1.54) is 19.0 Å². The molecule has 2 saturated heterocycles. The third kappa shape index (κ3) is 2.42. The van der Waals surface area contributed by atoms with Crippen LogP contribution in [0, 0.1) is 0 Å². The van der Waals surface area contributed by atoms with Crippen molar-refractivity contribution in [1.29, 1.82) is 0 Å². The molecule has 0 saturated carbocycles. The Hall–Kier alpha value is -0.353. The molecule has 4 heteroatoms. The van der Waals surface area contributed by atoms with Crippen LogP contribution < -0.4 is 0 Å². The first-order valence-electron chi connectivity index (χ1n) is 6.02. The van der Waals surface area contributed by atoms with Crippen LogP contribution in [0.3, 0.4) is 0 Å². The number of nitrogens with zero attached hydrogens (tertiary/aromatic N) is 1. The summed E-state index contributed by atoms with van der Waals surface area (Å²) in [5.41, 5.74) is 0. The van der Waals surface area contributed by atoms with Gasteiger partial charge in [0.25, 0.3) is 0 Å². The fourth-order valence-electron chi connectivity index (χ4n) is 2.88. The van der Waals surface area contributed by atoms with Gasteiger partial charge in [0.05, 0.1) is 0 Å². The molecule has 0 aromatic heterocycles. The predicted octanol–water partition coefficient (Wildman–Crippen LogP) is 1.99. The smallest absolute Gasteiger partial charge is 0.305 e. The Bertz CT molecular complexity index is 255. The van der Waals surface area contributed by atoms with Crippen molar-refractivity contribution in [3.63, 3.8) is 0 Å². The van der Waals surface area contributed by atoms with E-state index < -0.39 is 8.24 Å². The fraction of sp³-hybridized carbons (Fsp3) is 0.909. The Labute approximate surface area is 92.9 Å². The van der Waals surface area contributed by atoms with E-state index in [2.05, 4.69) is 17.7 Å². The molecule has 0 radical (unpaired) electrons. The second kappa shape index (κ2) is 4.26. The van der Waals surface area contributed by atoms with Crippen molar-refractivity contribution in [2.75, 3.05) is 13.2 Å². The molecule has 3 nitrogen and oxygen atoms in total. The lowest BCUT2D eigenvalue weighted by Crippen LogP contribution is -2.50. The molecule has 1 atom stereocenters. The summed E-state index contributed by atoms with van der Waals surface area (Å²) in [6.07, 6.45) is 4.10. The number of cyclic esters (lactones) is 1. The lowest BCUT2D eigenvalue weighted by Gasteiger charge is -2.36. The summed E-state index contributed by atoms with van der Waals surface area (Å²) in [4.78, 5) is 11.2. The number of rotatable bonds is 1. The van der Waals surface area contributed by atoms with E-state index in [4.69, 9.17) is 4.74 Å². The highest BCUT2D eigenvalue weighted by atomic mass is 28.3. The highest BCUT2D eigenvalue weighted by Crippen LogP contribution is 2.30. The first-order valence-corrected chi connectivity index (χ1v) is 9.17. The van der Waals surface area contributed by atoms with Crippen LogP contribution in [0.2, 0.25) is 19.1 Å². The lowest BCUT2D eigenvalue weighted by molar-refractivity contribution is -0.143. The van der Waals surface area contributed by atoms with Gasteiger partial charge in [-0.1, -0.05) is 13.1 Å². The molecule has 2 aliphatic rings. The van der Waals surface area contributed by atoms with Crippen molar-refractivity contribution in [1.82, 2.24) is 4.57 Å². The molecule has 0 bridgehead atoms. The van der Waals surface area contributed by atoms with E-state index in [1.807, 2.05) is 0 Å². The summed E-state index contributed by atoms with van der Waals surface area (Å²) in [5, 5.41) is 0. The minimum Gasteiger partial charge on any atom is -0.464 e. The van der Waals surface area contributed by atoms with Gasteiger partial charge >= 0.3 is 5.97 Å². The Kier molecular flexibility index (Phi) is 3.16. The topological polar surface area (TPSA) is 29.5 Å². The molecule has 15 heavy (non-hydrogen) atoms. The molecule has 1 unspecified atom stereocenters. The zero-order valence-corrected chi connectivity index (χ0v) is 10.8. The van der Waals surface area contributed by atoms with E-state index in [9.17, 15) is 4.79 Å². The van der Waals surface area contributed by atoms with Gasteiger partial charge < -0.3 is 9.30 Å². The molecule has 2 heterocycles. The van der Waals surface area contributed by atoms with Crippen LogP contribution in [0.15, 0.2) is 0 Å². The van der Waals surface area contributed by atoms with Crippen molar-refractivity contribution in [2.45, 2.75) is 50.9 Å². The summed E-state index contributed by atoms with van der Waals surface area (Å²) < 4.78 is 7.94. The van der Waals surface area contributed by atoms with E-state index >= 15 is 0 Å². The average Bonchev–Trinajstić information content (AvgIpc) is 2.39. The first kappa shape index (κ1) is 11.1. The number of carbonyl (C=O) groups is 1. The molecular weight excluding hydrogens is 206 g/mol. The summed E-state index contributed by atoms with van der Waals surface area (Å²) in [6, 6.07) is 1.91. The molecule has 2 fully saturated rings. The van der Waals surface area contributed by atoms with Crippen LogP contribution in [0.5, 0.6) is 0 Å². The van der Waals surface area contributed by atoms with Gasteiger partial charge in [0, 0.05) is 12.5 Å². The second-order valence-electron chi connectivity index (χ2n) is 5.34. The fourth-order valence-corrected chi connectivity index (χ4v) is 6.14. The molecule has 0 N–H and O–H groups in total. The number of hydrogen-bond acceptors (Lipinski definition) is 3. The molecule has 0 aromatic carbocycles. The summed E-state index contributed by atoms with van der Waals surface area (Å²) >= 11 is 0. The monoisotopic (exact) mass is 227 g/mol. The van der Waals surface area contributed by atoms with E-state index in [0.29, 0.717) is 19.1 Å². The maximum Gasteiger partial charge on any atom is 0.305 e. The van der Waals surface area contributed by atoms with Crippen LogP contribution in [0.25, 0.3) is 0 Å². The first-order chi connectivity index (χ1) is 7.09. The van der Waals surface area contributed by atoms with Crippen molar-refractivity contribution in [3.05, 3.63) is 0 Å². The zero-order chi connectivity index (χ0) is 10.9. The van der Waals surface area contributed by atoms with Crippen molar-refractivity contribution in [3.8, 4) is 0 Å². The largest absolute Gasteiger partial charge is 0.464 e. The van der Waals surface area contributed by atoms with Gasteiger partial charge in [-0.3, -0.25) is 4.79 Å². The van der Waals surface area contributed by atoms with E-state index in [1.54, 1.807) is 0 Å². The van der Waals surface area contributed by atoms with Gasteiger partial charge in [0.1, 0.15) is 14.8 Å². The molecule has 2 rings (SSSR count). The molecule has 0 aromatic rings. The predicted molar refractivity (Wildman–Crippen MR) is 62.2 cm³/mol. The van der Waals surface area contributed by atoms with Crippen LogP contribution >= 0.6 is 0 Å². The Morgan fingerprint density at radius 1 is 1.40 bits per heavy atom. The number of esters is 1. The third-order valence-electron chi connectivity index (χ3n) is 3.76. The highest BCUT2D eigenvalue weighted by molar-refractivity contribution is 6.75. The van der Waals surface area contributed by atoms with Crippen molar-refractivity contribution < 1.29 is 9.53 Å². The second-order valence-corrected chi connectivity index (χ2v) is 10.0.